The number of hydrogen-bond acceptors (Lipinski definition) is 3. The Morgan fingerprint density at radius 3 is 3.07 bits per heavy atom. The van der Waals surface area contributed by atoms with Crippen LogP contribution in [-0.4, -0.2) is 35.5 Å². The Morgan fingerprint density at radius 2 is 2.47 bits per heavy atom. The van der Waals surface area contributed by atoms with Crippen LogP contribution < -0.4 is 4.74 Å². The first-order valence-electron chi connectivity index (χ1n) is 5.06. The minimum absolute atomic E-state index is 0.0527. The number of likely N-dealkylation sites (tertiary alicyclic amines) is 1. The van der Waals surface area contributed by atoms with Gasteiger partial charge in [-0.25, -0.2) is 0 Å². The van der Waals surface area contributed by atoms with Crippen molar-refractivity contribution < 1.29 is 9.53 Å². The first-order valence-corrected chi connectivity index (χ1v) is 5.06. The molecule has 1 amide bonds. The van der Waals surface area contributed by atoms with Crippen molar-refractivity contribution >= 4 is 5.91 Å². The lowest BCUT2D eigenvalue weighted by Gasteiger charge is -2.36. The van der Waals surface area contributed by atoms with Crippen LogP contribution in [0.2, 0.25) is 0 Å². The zero-order valence-corrected chi connectivity index (χ0v) is 8.72. The number of rotatable bonds is 3. The molecule has 0 aromatic carbocycles. The van der Waals surface area contributed by atoms with Crippen molar-refractivity contribution in [1.82, 2.24) is 9.88 Å². The molecule has 4 heteroatoms. The average molecular weight is 206 g/mol. The first kappa shape index (κ1) is 9.96. The lowest BCUT2D eigenvalue weighted by atomic mass is 10.0. The molecule has 4 nitrogen and oxygen atoms in total. The van der Waals surface area contributed by atoms with Crippen molar-refractivity contribution in [3.63, 3.8) is 0 Å². The van der Waals surface area contributed by atoms with Crippen molar-refractivity contribution in [3.8, 4) is 5.75 Å². The number of carbonyl (C=O) groups excluding carboxylic acids is 1. The van der Waals surface area contributed by atoms with Gasteiger partial charge in [0.2, 0.25) is 0 Å². The van der Waals surface area contributed by atoms with Crippen LogP contribution in [0.4, 0.5) is 0 Å². The van der Waals surface area contributed by atoms with Gasteiger partial charge in [-0.15, -0.1) is 0 Å². The molecule has 1 aromatic rings. The molecule has 0 radical (unpaired) electrons. The van der Waals surface area contributed by atoms with Crippen molar-refractivity contribution in [2.24, 2.45) is 5.92 Å². The molecule has 0 aliphatic carbocycles. The molecule has 15 heavy (non-hydrogen) atoms. The maximum absolute atomic E-state index is 11.5. The summed E-state index contributed by atoms with van der Waals surface area (Å²) < 4.78 is 5.31. The summed E-state index contributed by atoms with van der Waals surface area (Å²) in [7, 11) is 0. The summed E-state index contributed by atoms with van der Waals surface area (Å²) >= 11 is 0. The van der Waals surface area contributed by atoms with Gasteiger partial charge in [0.15, 0.2) is 6.61 Å². The second-order valence-corrected chi connectivity index (χ2v) is 3.88. The average Bonchev–Trinajstić information content (AvgIpc) is 2.23. The SMILES string of the molecule is CC1CN(C(=O)COc2cccnc2)C1. The molecule has 0 spiro atoms. The summed E-state index contributed by atoms with van der Waals surface area (Å²) in [6, 6.07) is 3.57. The maximum Gasteiger partial charge on any atom is 0.260 e. The highest BCUT2D eigenvalue weighted by Crippen LogP contribution is 2.14. The van der Waals surface area contributed by atoms with E-state index in [0.717, 1.165) is 13.1 Å². The fraction of sp³-hybridized carbons (Fsp3) is 0.455. The Morgan fingerprint density at radius 1 is 1.67 bits per heavy atom. The Balaban J connectivity index is 1.76. The van der Waals surface area contributed by atoms with Crippen LogP contribution in [0.25, 0.3) is 0 Å². The van der Waals surface area contributed by atoms with Crippen LogP contribution in [0.5, 0.6) is 5.75 Å². The summed E-state index contributed by atoms with van der Waals surface area (Å²) in [6.07, 6.45) is 3.28. The molecule has 1 saturated heterocycles. The van der Waals surface area contributed by atoms with Crippen LogP contribution in [0.15, 0.2) is 24.5 Å². The van der Waals surface area contributed by atoms with Gasteiger partial charge < -0.3 is 9.64 Å². The number of ether oxygens (including phenoxy) is 1. The second kappa shape index (κ2) is 4.29. The van der Waals surface area contributed by atoms with Gasteiger partial charge in [-0.05, 0) is 18.1 Å². The van der Waals surface area contributed by atoms with E-state index in [1.807, 2.05) is 0 Å². The highest BCUT2D eigenvalue weighted by atomic mass is 16.5. The molecule has 1 aromatic heterocycles. The molecule has 0 bridgehead atoms. The molecule has 2 rings (SSSR count). The van der Waals surface area contributed by atoms with Crippen LogP contribution in [0.1, 0.15) is 6.92 Å². The van der Waals surface area contributed by atoms with E-state index in [0.29, 0.717) is 11.7 Å². The Bertz CT molecular complexity index is 334. The smallest absolute Gasteiger partial charge is 0.260 e. The topological polar surface area (TPSA) is 42.4 Å². The second-order valence-electron chi connectivity index (χ2n) is 3.88. The van der Waals surface area contributed by atoms with Gasteiger partial charge >= 0.3 is 0 Å². The van der Waals surface area contributed by atoms with E-state index in [1.54, 1.807) is 29.4 Å². The predicted molar refractivity (Wildman–Crippen MR) is 55.5 cm³/mol. The van der Waals surface area contributed by atoms with Crippen molar-refractivity contribution in [1.29, 1.82) is 0 Å². The molecular formula is C11H14N2O2. The minimum atomic E-state index is 0.0527. The highest BCUT2D eigenvalue weighted by Gasteiger charge is 2.26. The number of aromatic nitrogens is 1. The molecule has 1 aliphatic heterocycles. The van der Waals surface area contributed by atoms with Crippen molar-refractivity contribution in [2.45, 2.75) is 6.92 Å². The number of amides is 1. The normalized spacial score (nSPS) is 15.9. The zero-order chi connectivity index (χ0) is 10.7. The van der Waals surface area contributed by atoms with Crippen LogP contribution in [-0.2, 0) is 4.79 Å². The molecule has 0 saturated carbocycles. The van der Waals surface area contributed by atoms with Crippen LogP contribution in [0, 0.1) is 5.92 Å². The largest absolute Gasteiger partial charge is 0.482 e. The lowest BCUT2D eigenvalue weighted by molar-refractivity contribution is -0.139. The molecule has 2 heterocycles. The van der Waals surface area contributed by atoms with E-state index < -0.39 is 0 Å². The molecule has 0 atom stereocenters. The third kappa shape index (κ3) is 2.46. The van der Waals surface area contributed by atoms with Crippen LogP contribution in [0.3, 0.4) is 0 Å². The number of hydrogen-bond donors (Lipinski definition) is 0. The van der Waals surface area contributed by atoms with Gasteiger partial charge in [0, 0.05) is 19.3 Å². The zero-order valence-electron chi connectivity index (χ0n) is 8.72. The van der Waals surface area contributed by atoms with E-state index in [4.69, 9.17) is 4.74 Å². The molecule has 80 valence electrons. The summed E-state index contributed by atoms with van der Waals surface area (Å²) in [5.41, 5.74) is 0. The van der Waals surface area contributed by atoms with E-state index in [2.05, 4.69) is 11.9 Å². The van der Waals surface area contributed by atoms with Gasteiger partial charge in [0.1, 0.15) is 5.75 Å². The van der Waals surface area contributed by atoms with Gasteiger partial charge in [0.05, 0.1) is 6.20 Å². The summed E-state index contributed by atoms with van der Waals surface area (Å²) in [5.74, 6) is 1.32. The number of nitrogens with zero attached hydrogens (tertiary/aromatic N) is 2. The fourth-order valence-corrected chi connectivity index (χ4v) is 1.57. The van der Waals surface area contributed by atoms with Gasteiger partial charge in [-0.3, -0.25) is 9.78 Å². The van der Waals surface area contributed by atoms with E-state index in [1.165, 1.54) is 0 Å². The third-order valence-corrected chi connectivity index (χ3v) is 2.41. The highest BCUT2D eigenvalue weighted by molar-refractivity contribution is 5.78. The minimum Gasteiger partial charge on any atom is -0.482 e. The van der Waals surface area contributed by atoms with Crippen LogP contribution >= 0.6 is 0 Å². The number of carbonyl (C=O) groups is 1. The standard InChI is InChI=1S/C11H14N2O2/c1-9-6-13(7-9)11(14)8-15-10-3-2-4-12-5-10/h2-5,9H,6-8H2,1H3. The van der Waals surface area contributed by atoms with Crippen molar-refractivity contribution in [3.05, 3.63) is 24.5 Å². The van der Waals surface area contributed by atoms with E-state index >= 15 is 0 Å². The van der Waals surface area contributed by atoms with Gasteiger partial charge in [-0.2, -0.15) is 0 Å². The quantitative estimate of drug-likeness (QED) is 0.739. The predicted octanol–water partition coefficient (Wildman–Crippen LogP) is 0.939. The summed E-state index contributed by atoms with van der Waals surface area (Å²) in [4.78, 5) is 17.2. The summed E-state index contributed by atoms with van der Waals surface area (Å²) in [5, 5.41) is 0. The summed E-state index contributed by atoms with van der Waals surface area (Å²) in [6.45, 7) is 3.95. The fourth-order valence-electron chi connectivity index (χ4n) is 1.57. The Hall–Kier alpha value is -1.58. The van der Waals surface area contributed by atoms with Gasteiger partial charge in [0.25, 0.3) is 5.91 Å². The van der Waals surface area contributed by atoms with E-state index in [9.17, 15) is 4.79 Å². The number of pyridine rings is 1. The molecule has 1 fully saturated rings. The molecular weight excluding hydrogens is 192 g/mol. The molecule has 1 aliphatic rings. The monoisotopic (exact) mass is 206 g/mol. The Labute approximate surface area is 88.9 Å². The maximum atomic E-state index is 11.5. The van der Waals surface area contributed by atoms with E-state index in [-0.39, 0.29) is 12.5 Å². The van der Waals surface area contributed by atoms with Crippen molar-refractivity contribution in [2.75, 3.05) is 19.7 Å². The lowest BCUT2D eigenvalue weighted by Crippen LogP contribution is -2.50. The molecule has 0 N–H and O–H groups in total. The molecule has 0 unspecified atom stereocenters. The van der Waals surface area contributed by atoms with Gasteiger partial charge in [-0.1, -0.05) is 6.92 Å². The Kier molecular flexibility index (Phi) is 2.85. The first-order chi connectivity index (χ1) is 7.25. The third-order valence-electron chi connectivity index (χ3n) is 2.41.